The molecular weight excluding hydrogens is 458 g/mol. The van der Waals surface area contributed by atoms with Gasteiger partial charge < -0.3 is 4.74 Å². The van der Waals surface area contributed by atoms with E-state index in [1.165, 1.54) is 35.7 Å². The smallest absolute Gasteiger partial charge is 0.247 e. The van der Waals surface area contributed by atoms with Gasteiger partial charge in [-0.15, -0.1) is 10.2 Å². The lowest BCUT2D eigenvalue weighted by molar-refractivity contribution is -0.118. The fourth-order valence-electron chi connectivity index (χ4n) is 3.73. The summed E-state index contributed by atoms with van der Waals surface area (Å²) in [6.07, 6.45) is 0.463. The Balaban J connectivity index is 1.89. The number of halogens is 2. The molecule has 0 spiro atoms. The van der Waals surface area contributed by atoms with Gasteiger partial charge in [0.05, 0.1) is 11.3 Å². The number of hydrogen-bond donors (Lipinski definition) is 0. The van der Waals surface area contributed by atoms with Crippen molar-refractivity contribution in [1.29, 1.82) is 0 Å². The third-order valence-corrected chi connectivity index (χ3v) is 6.46. The van der Waals surface area contributed by atoms with Crippen molar-refractivity contribution in [2.45, 2.75) is 51.9 Å². The summed E-state index contributed by atoms with van der Waals surface area (Å²) >= 11 is 1.45. The van der Waals surface area contributed by atoms with Crippen LogP contribution in [0.15, 0.2) is 41.6 Å². The summed E-state index contributed by atoms with van der Waals surface area (Å²) in [6.45, 7) is 7.64. The number of thioether (sulfide) groups is 1. The van der Waals surface area contributed by atoms with Crippen LogP contribution in [0.4, 0.5) is 14.5 Å². The highest BCUT2D eigenvalue weighted by Crippen LogP contribution is 2.44. The molecule has 1 aromatic heterocycles. The molecular formula is C25H26F2N4O2S. The summed E-state index contributed by atoms with van der Waals surface area (Å²) in [4.78, 5) is 18.7. The van der Waals surface area contributed by atoms with Gasteiger partial charge in [0.1, 0.15) is 0 Å². The van der Waals surface area contributed by atoms with Gasteiger partial charge in [-0.25, -0.2) is 8.78 Å². The van der Waals surface area contributed by atoms with Crippen LogP contribution in [0.25, 0.3) is 11.3 Å². The third-order valence-electron chi connectivity index (χ3n) is 5.59. The molecule has 0 fully saturated rings. The lowest BCUT2D eigenvalue weighted by Crippen LogP contribution is -2.36. The number of fused-ring (bicyclic) bond motifs is 3. The van der Waals surface area contributed by atoms with E-state index in [0.29, 0.717) is 28.0 Å². The quantitative estimate of drug-likeness (QED) is 0.402. The first kappa shape index (κ1) is 24.1. The molecule has 0 saturated heterocycles. The van der Waals surface area contributed by atoms with E-state index >= 15 is 0 Å². The maximum atomic E-state index is 14.9. The Labute approximate surface area is 201 Å². The van der Waals surface area contributed by atoms with Gasteiger partial charge in [-0.1, -0.05) is 50.7 Å². The largest absolute Gasteiger partial charge is 0.447 e. The molecule has 0 saturated carbocycles. The van der Waals surface area contributed by atoms with Crippen molar-refractivity contribution in [2.75, 3.05) is 10.7 Å². The normalized spacial score (nSPS) is 14.9. The molecule has 1 aliphatic rings. The molecule has 2 aromatic carbocycles. The monoisotopic (exact) mass is 484 g/mol. The Hall–Kier alpha value is -3.07. The van der Waals surface area contributed by atoms with Crippen LogP contribution in [0, 0.1) is 17.6 Å². The van der Waals surface area contributed by atoms with Crippen molar-refractivity contribution < 1.29 is 18.3 Å². The molecule has 0 aliphatic carbocycles. The Morgan fingerprint density at radius 2 is 2.00 bits per heavy atom. The highest BCUT2D eigenvalue weighted by Gasteiger charge is 2.36. The maximum absolute atomic E-state index is 14.9. The Morgan fingerprint density at radius 1 is 1.21 bits per heavy atom. The lowest BCUT2D eigenvalue weighted by atomic mass is 10.0. The second-order valence-electron chi connectivity index (χ2n) is 8.49. The number of carbonyl (C=O) groups excluding carboxylic acids is 1. The number of amides is 1. The standard InChI is InChI=1S/C25H26F2N4O2S/c1-5-16-9-10-20-18(13-16)22-23(28-25(30-29-22)34-12-11-14(2)3)33-24(31(20)15(4)32)17-7-6-8-19(26)21(17)27/h6-10,13-14,24H,5,11-12H2,1-4H3/t24-/m0/s1. The van der Waals surface area contributed by atoms with Gasteiger partial charge in [0, 0.05) is 18.2 Å². The summed E-state index contributed by atoms with van der Waals surface area (Å²) in [5.41, 5.74) is 2.32. The minimum absolute atomic E-state index is 0.110. The third kappa shape index (κ3) is 4.75. The van der Waals surface area contributed by atoms with Crippen LogP contribution >= 0.6 is 11.8 Å². The number of carbonyl (C=O) groups is 1. The van der Waals surface area contributed by atoms with E-state index in [0.717, 1.165) is 30.2 Å². The molecule has 6 nitrogen and oxygen atoms in total. The minimum atomic E-state index is -1.27. The predicted molar refractivity (Wildman–Crippen MR) is 128 cm³/mol. The van der Waals surface area contributed by atoms with Crippen molar-refractivity contribution in [2.24, 2.45) is 5.92 Å². The van der Waals surface area contributed by atoms with Crippen LogP contribution in [-0.4, -0.2) is 26.8 Å². The van der Waals surface area contributed by atoms with Crippen molar-refractivity contribution >= 4 is 23.4 Å². The van der Waals surface area contributed by atoms with E-state index in [9.17, 15) is 13.6 Å². The fraction of sp³-hybridized carbons (Fsp3) is 0.360. The summed E-state index contributed by atoms with van der Waals surface area (Å²) in [7, 11) is 0. The van der Waals surface area contributed by atoms with Crippen molar-refractivity contribution in [1.82, 2.24) is 15.2 Å². The van der Waals surface area contributed by atoms with E-state index in [1.807, 2.05) is 19.1 Å². The predicted octanol–water partition coefficient (Wildman–Crippen LogP) is 5.96. The Kier molecular flexibility index (Phi) is 7.11. The van der Waals surface area contributed by atoms with Crippen LogP contribution in [-0.2, 0) is 11.2 Å². The SMILES string of the molecule is CCc1ccc2c(c1)-c1nnc(SCCC(C)C)nc1O[C@@H](c1cccc(F)c1F)N2C(C)=O. The van der Waals surface area contributed by atoms with Crippen molar-refractivity contribution in [3.05, 3.63) is 59.2 Å². The summed E-state index contributed by atoms with van der Waals surface area (Å²) in [5.74, 6) is -1.05. The van der Waals surface area contributed by atoms with Crippen LogP contribution in [0.3, 0.4) is 0 Å². The molecule has 1 atom stereocenters. The topological polar surface area (TPSA) is 68.2 Å². The Morgan fingerprint density at radius 3 is 2.71 bits per heavy atom. The van der Waals surface area contributed by atoms with E-state index < -0.39 is 23.8 Å². The second kappa shape index (κ2) is 10.0. The number of rotatable bonds is 6. The molecule has 9 heteroatoms. The van der Waals surface area contributed by atoms with Crippen molar-refractivity contribution in [3.8, 4) is 17.1 Å². The van der Waals surface area contributed by atoms with Gasteiger partial charge in [0.25, 0.3) is 0 Å². The van der Waals surface area contributed by atoms with Gasteiger partial charge >= 0.3 is 0 Å². The van der Waals surface area contributed by atoms with Gasteiger partial charge in [-0.3, -0.25) is 9.69 Å². The van der Waals surface area contributed by atoms with Crippen LogP contribution in [0.5, 0.6) is 5.88 Å². The average Bonchev–Trinajstić information content (AvgIpc) is 2.94. The highest BCUT2D eigenvalue weighted by atomic mass is 32.2. The van der Waals surface area contributed by atoms with Crippen molar-refractivity contribution in [3.63, 3.8) is 0 Å². The van der Waals surface area contributed by atoms with Gasteiger partial charge in [-0.05, 0) is 42.5 Å². The minimum Gasteiger partial charge on any atom is -0.447 e. The molecule has 178 valence electrons. The van der Waals surface area contributed by atoms with Gasteiger partial charge in [0.15, 0.2) is 17.3 Å². The lowest BCUT2D eigenvalue weighted by Gasteiger charge is -2.30. The summed E-state index contributed by atoms with van der Waals surface area (Å²) < 4.78 is 35.2. The molecule has 0 bridgehead atoms. The molecule has 2 heterocycles. The molecule has 3 aromatic rings. The first-order chi connectivity index (χ1) is 16.3. The number of nitrogens with zero attached hydrogens (tertiary/aromatic N) is 4. The maximum Gasteiger partial charge on any atom is 0.247 e. The average molecular weight is 485 g/mol. The number of hydrogen-bond acceptors (Lipinski definition) is 6. The molecule has 1 aliphatic heterocycles. The van der Waals surface area contributed by atoms with Crippen LogP contribution in [0.1, 0.15) is 51.5 Å². The molecule has 34 heavy (non-hydrogen) atoms. The van der Waals surface area contributed by atoms with E-state index in [1.54, 1.807) is 6.07 Å². The summed E-state index contributed by atoms with van der Waals surface area (Å²) in [5, 5.41) is 9.08. The molecule has 0 radical (unpaired) electrons. The number of benzene rings is 2. The van der Waals surface area contributed by atoms with E-state index in [4.69, 9.17) is 4.74 Å². The zero-order valence-electron chi connectivity index (χ0n) is 19.5. The van der Waals surface area contributed by atoms with Gasteiger partial charge in [0.2, 0.25) is 23.2 Å². The molecule has 0 N–H and O–H groups in total. The second-order valence-corrected chi connectivity index (χ2v) is 9.55. The number of anilines is 1. The molecule has 1 amide bonds. The summed E-state index contributed by atoms with van der Waals surface area (Å²) in [6, 6.07) is 9.36. The fourth-order valence-corrected chi connectivity index (χ4v) is 4.75. The van der Waals surface area contributed by atoms with Crippen LogP contribution < -0.4 is 9.64 Å². The highest BCUT2D eigenvalue weighted by molar-refractivity contribution is 7.99. The Bertz CT molecular complexity index is 1220. The van der Waals surface area contributed by atoms with Gasteiger partial charge in [-0.2, -0.15) is 4.98 Å². The van der Waals surface area contributed by atoms with E-state index in [-0.39, 0.29) is 11.4 Å². The van der Waals surface area contributed by atoms with Crippen LogP contribution in [0.2, 0.25) is 0 Å². The molecule has 0 unspecified atom stereocenters. The van der Waals surface area contributed by atoms with E-state index in [2.05, 4.69) is 29.0 Å². The molecule has 4 rings (SSSR count). The number of aromatic nitrogens is 3. The first-order valence-corrected chi connectivity index (χ1v) is 12.2. The number of ether oxygens (including phenoxy) is 1. The zero-order valence-corrected chi connectivity index (χ0v) is 20.3. The zero-order chi connectivity index (χ0) is 24.4. The first-order valence-electron chi connectivity index (χ1n) is 11.2. The number of aryl methyl sites for hydroxylation is 1.